The van der Waals surface area contributed by atoms with Gasteiger partial charge >= 0.3 is 0 Å². The Balaban J connectivity index is 2.67. The van der Waals surface area contributed by atoms with Crippen LogP contribution in [0.3, 0.4) is 0 Å². The van der Waals surface area contributed by atoms with Crippen LogP contribution in [0, 0.1) is 0 Å². The zero-order chi connectivity index (χ0) is 8.81. The second-order valence-electron chi connectivity index (χ2n) is 2.85. The Morgan fingerprint density at radius 2 is 2.33 bits per heavy atom. The Bertz CT molecular complexity index is 251. The van der Waals surface area contributed by atoms with Crippen molar-refractivity contribution >= 4 is 5.78 Å². The van der Waals surface area contributed by atoms with Crippen molar-refractivity contribution in [3.05, 3.63) is 22.2 Å². The van der Waals surface area contributed by atoms with Crippen LogP contribution in [-0.2, 0) is 4.79 Å². The lowest BCUT2D eigenvalue weighted by Crippen LogP contribution is -2.00. The Morgan fingerprint density at radius 3 is 3.08 bits per heavy atom. The number of Topliss-reactive ketones (excluding diaryl/α,β-unsaturated/α-hetero) is 1. The molecule has 0 bridgehead atoms. The van der Waals surface area contributed by atoms with Crippen molar-refractivity contribution in [2.24, 2.45) is 5.11 Å². The average molecular weight is 165 g/mol. The number of nitrogens with zero attached hydrogens (tertiary/aromatic N) is 3. The second-order valence-corrected chi connectivity index (χ2v) is 2.85. The van der Waals surface area contributed by atoms with Crippen LogP contribution in [0.2, 0.25) is 0 Å². The van der Waals surface area contributed by atoms with E-state index in [1.54, 1.807) is 0 Å². The molecule has 0 saturated heterocycles. The average Bonchev–Trinajstić information content (AvgIpc) is 2.00. The van der Waals surface area contributed by atoms with Gasteiger partial charge in [0.05, 0.1) is 0 Å². The molecule has 1 rings (SSSR count). The molecule has 0 fully saturated rings. The summed E-state index contributed by atoms with van der Waals surface area (Å²) in [6.45, 7) is 0. The third-order valence-corrected chi connectivity index (χ3v) is 1.84. The van der Waals surface area contributed by atoms with E-state index in [1.165, 1.54) is 0 Å². The predicted molar refractivity (Wildman–Crippen MR) is 45.3 cm³/mol. The van der Waals surface area contributed by atoms with Gasteiger partial charge in [-0.3, -0.25) is 4.79 Å². The fourth-order valence-corrected chi connectivity index (χ4v) is 1.23. The van der Waals surface area contributed by atoms with Crippen molar-refractivity contribution in [3.8, 4) is 0 Å². The zero-order valence-electron chi connectivity index (χ0n) is 6.86. The SMILES string of the molecule is [N-]=[N+]=NC1=CCCCCC(=O)C1. The summed E-state index contributed by atoms with van der Waals surface area (Å²) in [4.78, 5) is 13.8. The molecule has 0 aromatic rings. The molecular weight excluding hydrogens is 154 g/mol. The smallest absolute Gasteiger partial charge is 0.137 e. The van der Waals surface area contributed by atoms with E-state index in [0.717, 1.165) is 19.3 Å². The molecule has 12 heavy (non-hydrogen) atoms. The van der Waals surface area contributed by atoms with Gasteiger partial charge in [0.1, 0.15) is 5.78 Å². The van der Waals surface area contributed by atoms with Crippen molar-refractivity contribution in [3.63, 3.8) is 0 Å². The third-order valence-electron chi connectivity index (χ3n) is 1.84. The number of azide groups is 1. The van der Waals surface area contributed by atoms with Crippen molar-refractivity contribution in [2.75, 3.05) is 0 Å². The molecule has 0 spiro atoms. The Morgan fingerprint density at radius 1 is 1.50 bits per heavy atom. The monoisotopic (exact) mass is 165 g/mol. The summed E-state index contributed by atoms with van der Waals surface area (Å²) in [6, 6.07) is 0. The maximum atomic E-state index is 11.1. The van der Waals surface area contributed by atoms with Crippen LogP contribution >= 0.6 is 0 Å². The minimum Gasteiger partial charge on any atom is -0.299 e. The van der Waals surface area contributed by atoms with Gasteiger partial charge in [0.25, 0.3) is 0 Å². The third kappa shape index (κ3) is 2.76. The maximum absolute atomic E-state index is 11.1. The summed E-state index contributed by atoms with van der Waals surface area (Å²) >= 11 is 0. The van der Waals surface area contributed by atoms with Crippen molar-refractivity contribution < 1.29 is 4.79 Å². The number of rotatable bonds is 1. The number of hydrogen-bond acceptors (Lipinski definition) is 2. The molecule has 0 aliphatic heterocycles. The first kappa shape index (κ1) is 8.81. The molecule has 0 N–H and O–H groups in total. The van der Waals surface area contributed by atoms with E-state index in [9.17, 15) is 4.79 Å². The first-order valence-corrected chi connectivity index (χ1v) is 4.09. The van der Waals surface area contributed by atoms with Gasteiger partial charge in [-0.25, -0.2) is 0 Å². The number of allylic oxidation sites excluding steroid dienone is 2. The molecule has 0 saturated carbocycles. The lowest BCUT2D eigenvalue weighted by atomic mass is 10.0. The van der Waals surface area contributed by atoms with Crippen LogP contribution in [0.15, 0.2) is 16.9 Å². The lowest BCUT2D eigenvalue weighted by molar-refractivity contribution is -0.118. The van der Waals surface area contributed by atoms with Gasteiger partial charge in [-0.1, -0.05) is 11.2 Å². The number of carbonyl (C=O) groups excluding carboxylic acids is 1. The van der Waals surface area contributed by atoms with E-state index >= 15 is 0 Å². The highest BCUT2D eigenvalue weighted by Crippen LogP contribution is 2.15. The van der Waals surface area contributed by atoms with E-state index in [2.05, 4.69) is 10.0 Å². The highest BCUT2D eigenvalue weighted by Gasteiger charge is 2.07. The van der Waals surface area contributed by atoms with Gasteiger partial charge in [-0.2, -0.15) is 0 Å². The van der Waals surface area contributed by atoms with Gasteiger partial charge in [0, 0.05) is 23.5 Å². The molecule has 1 aliphatic carbocycles. The van der Waals surface area contributed by atoms with Crippen LogP contribution in [0.4, 0.5) is 0 Å². The minimum atomic E-state index is 0.174. The van der Waals surface area contributed by atoms with Gasteiger partial charge in [-0.05, 0) is 24.8 Å². The van der Waals surface area contributed by atoms with Crippen molar-refractivity contribution in [1.29, 1.82) is 0 Å². The zero-order valence-corrected chi connectivity index (χ0v) is 6.86. The topological polar surface area (TPSA) is 65.8 Å². The Labute approximate surface area is 70.9 Å². The highest BCUT2D eigenvalue weighted by molar-refractivity contribution is 5.80. The Hall–Kier alpha value is -1.28. The van der Waals surface area contributed by atoms with E-state index in [-0.39, 0.29) is 5.78 Å². The standard InChI is InChI=1S/C8H11N3O/c9-11-10-7-4-2-1-3-5-8(12)6-7/h4H,1-3,5-6H2. The normalized spacial score (nSPS) is 18.7. The van der Waals surface area contributed by atoms with E-state index in [1.807, 2.05) is 6.08 Å². The lowest BCUT2D eigenvalue weighted by Gasteiger charge is -2.05. The number of hydrogen-bond donors (Lipinski definition) is 0. The minimum absolute atomic E-state index is 0.174. The maximum Gasteiger partial charge on any atom is 0.137 e. The quantitative estimate of drug-likeness (QED) is 0.334. The molecule has 0 radical (unpaired) electrons. The molecule has 0 aromatic heterocycles. The largest absolute Gasteiger partial charge is 0.299 e. The van der Waals surface area contributed by atoms with Crippen LogP contribution in [-0.4, -0.2) is 5.78 Å². The summed E-state index contributed by atoms with van der Waals surface area (Å²) in [5.74, 6) is 0.174. The molecule has 4 nitrogen and oxygen atoms in total. The van der Waals surface area contributed by atoms with Gasteiger partial charge in [0.15, 0.2) is 0 Å². The molecule has 0 unspecified atom stereocenters. The molecule has 4 heteroatoms. The summed E-state index contributed by atoms with van der Waals surface area (Å²) in [5.41, 5.74) is 8.76. The van der Waals surface area contributed by atoms with Crippen LogP contribution < -0.4 is 0 Å². The van der Waals surface area contributed by atoms with Crippen LogP contribution in [0.1, 0.15) is 32.1 Å². The molecule has 0 heterocycles. The van der Waals surface area contributed by atoms with Gasteiger partial charge < -0.3 is 0 Å². The van der Waals surface area contributed by atoms with Gasteiger partial charge in [0.2, 0.25) is 0 Å². The fourth-order valence-electron chi connectivity index (χ4n) is 1.23. The Kier molecular flexibility index (Phi) is 3.35. The van der Waals surface area contributed by atoms with Crippen molar-refractivity contribution in [2.45, 2.75) is 32.1 Å². The second kappa shape index (κ2) is 4.57. The molecule has 0 atom stereocenters. The first-order valence-electron chi connectivity index (χ1n) is 4.09. The molecular formula is C8H11N3O. The van der Waals surface area contributed by atoms with E-state index < -0.39 is 0 Å². The van der Waals surface area contributed by atoms with E-state index in [0.29, 0.717) is 18.5 Å². The molecule has 0 aromatic carbocycles. The summed E-state index contributed by atoms with van der Waals surface area (Å²) in [6.07, 6.45) is 5.68. The first-order chi connectivity index (χ1) is 5.83. The molecule has 64 valence electrons. The summed E-state index contributed by atoms with van der Waals surface area (Å²) in [5, 5.41) is 3.46. The molecule has 1 aliphatic rings. The predicted octanol–water partition coefficient (Wildman–Crippen LogP) is 2.71. The fraction of sp³-hybridized carbons (Fsp3) is 0.625. The molecule has 0 amide bonds. The highest BCUT2D eigenvalue weighted by atomic mass is 16.1. The van der Waals surface area contributed by atoms with Crippen LogP contribution in [0.25, 0.3) is 10.4 Å². The van der Waals surface area contributed by atoms with Crippen molar-refractivity contribution in [1.82, 2.24) is 0 Å². The number of carbonyl (C=O) groups is 1. The summed E-state index contributed by atoms with van der Waals surface area (Å²) < 4.78 is 0. The van der Waals surface area contributed by atoms with Gasteiger partial charge in [-0.15, -0.1) is 0 Å². The number of ketones is 1. The summed E-state index contributed by atoms with van der Waals surface area (Å²) in [7, 11) is 0. The van der Waals surface area contributed by atoms with Crippen LogP contribution in [0.5, 0.6) is 0 Å². The van der Waals surface area contributed by atoms with E-state index in [4.69, 9.17) is 5.53 Å².